The van der Waals surface area contributed by atoms with Gasteiger partial charge in [-0.15, -0.1) is 0 Å². The Bertz CT molecular complexity index is 501. The predicted octanol–water partition coefficient (Wildman–Crippen LogP) is 3.35. The van der Waals surface area contributed by atoms with E-state index in [0.717, 1.165) is 12.2 Å². The Morgan fingerprint density at radius 3 is 2.05 bits per heavy atom. The summed E-state index contributed by atoms with van der Waals surface area (Å²) in [6.45, 7) is 7.94. The van der Waals surface area contributed by atoms with Crippen LogP contribution in [0.1, 0.15) is 5.56 Å². The minimum absolute atomic E-state index is 0.820. The average Bonchev–Trinajstić information content (AvgIpc) is 2.39. The maximum atomic E-state index is 3.24. The van der Waals surface area contributed by atoms with Gasteiger partial charge in [-0.25, -0.2) is 5.43 Å². The van der Waals surface area contributed by atoms with E-state index in [0.29, 0.717) is 0 Å². The van der Waals surface area contributed by atoms with E-state index >= 15 is 0 Å². The molecule has 0 bridgehead atoms. The third-order valence-electron chi connectivity index (χ3n) is 3.12. The fraction of sp³-hybridized carbons (Fsp3) is 0.250. The van der Waals surface area contributed by atoms with Crippen LogP contribution in [0.3, 0.4) is 0 Å². The molecule has 0 heterocycles. The van der Waals surface area contributed by atoms with Crippen molar-refractivity contribution in [3.63, 3.8) is 0 Å². The van der Waals surface area contributed by atoms with Crippen LogP contribution in [-0.2, 0) is 6.54 Å². The number of hydrogen-bond acceptors (Lipinski definition) is 2. The van der Waals surface area contributed by atoms with Gasteiger partial charge >= 0.3 is 0 Å². The number of anilines is 1. The molecule has 0 aliphatic carbocycles. The lowest BCUT2D eigenvalue weighted by Crippen LogP contribution is -2.37. The van der Waals surface area contributed by atoms with Crippen molar-refractivity contribution in [2.24, 2.45) is 0 Å². The summed E-state index contributed by atoms with van der Waals surface area (Å²) in [5.74, 6) is 0. The summed E-state index contributed by atoms with van der Waals surface area (Å²) in [7, 11) is -1.18. The number of benzene rings is 2. The molecule has 3 heteroatoms. The van der Waals surface area contributed by atoms with Crippen molar-refractivity contribution in [3.8, 4) is 0 Å². The second-order valence-electron chi connectivity index (χ2n) is 5.79. The van der Waals surface area contributed by atoms with Gasteiger partial charge in [0.1, 0.15) is 0 Å². The van der Waals surface area contributed by atoms with Crippen molar-refractivity contribution >= 4 is 18.9 Å². The molecule has 19 heavy (non-hydrogen) atoms. The fourth-order valence-electron chi connectivity index (χ4n) is 1.89. The lowest BCUT2D eigenvalue weighted by Gasteiger charge is -2.17. The van der Waals surface area contributed by atoms with E-state index in [4.69, 9.17) is 0 Å². The molecule has 2 nitrogen and oxygen atoms in total. The topological polar surface area (TPSA) is 24.1 Å². The first-order valence-corrected chi connectivity index (χ1v) is 10.2. The highest BCUT2D eigenvalue weighted by atomic mass is 28.3. The first-order chi connectivity index (χ1) is 9.05. The molecule has 2 rings (SSSR count). The molecule has 2 aromatic rings. The molecule has 0 spiro atoms. The maximum absolute atomic E-state index is 3.24. The summed E-state index contributed by atoms with van der Waals surface area (Å²) in [6.07, 6.45) is 0. The van der Waals surface area contributed by atoms with Gasteiger partial charge < -0.3 is 5.43 Å². The predicted molar refractivity (Wildman–Crippen MR) is 86.3 cm³/mol. The number of nitrogens with one attached hydrogen (secondary N) is 2. The average molecular weight is 270 g/mol. The van der Waals surface area contributed by atoms with Gasteiger partial charge in [-0.1, -0.05) is 67.3 Å². The highest BCUT2D eigenvalue weighted by Gasteiger charge is 2.15. The van der Waals surface area contributed by atoms with Gasteiger partial charge in [0.25, 0.3) is 0 Å². The van der Waals surface area contributed by atoms with Crippen LogP contribution in [0.4, 0.5) is 5.69 Å². The number of rotatable bonds is 5. The molecule has 0 fully saturated rings. The van der Waals surface area contributed by atoms with Gasteiger partial charge in [0.05, 0.1) is 8.07 Å². The first-order valence-electron chi connectivity index (χ1n) is 6.69. The van der Waals surface area contributed by atoms with E-state index in [1.807, 2.05) is 30.3 Å². The minimum Gasteiger partial charge on any atom is -0.321 e. The van der Waals surface area contributed by atoms with Gasteiger partial charge in [0.2, 0.25) is 0 Å². The second-order valence-corrected chi connectivity index (χ2v) is 10.9. The maximum Gasteiger partial charge on any atom is 0.0775 e. The number of para-hydroxylation sites is 1. The molecule has 0 atom stereocenters. The minimum atomic E-state index is -1.18. The van der Waals surface area contributed by atoms with Crippen LogP contribution in [0.25, 0.3) is 0 Å². The molecule has 0 saturated heterocycles. The fourth-order valence-corrected chi connectivity index (χ4v) is 3.06. The molecule has 2 aromatic carbocycles. The molecule has 2 N–H and O–H groups in total. The molecule has 0 aliphatic heterocycles. The van der Waals surface area contributed by atoms with Crippen molar-refractivity contribution in [2.75, 3.05) is 5.43 Å². The normalized spacial score (nSPS) is 11.3. The van der Waals surface area contributed by atoms with Gasteiger partial charge in [0, 0.05) is 12.2 Å². The molecule has 0 aliphatic rings. The van der Waals surface area contributed by atoms with Crippen molar-refractivity contribution in [3.05, 3.63) is 60.2 Å². The van der Waals surface area contributed by atoms with Crippen LogP contribution in [0.5, 0.6) is 0 Å². The monoisotopic (exact) mass is 270 g/mol. The molecular formula is C16H22N2Si. The quantitative estimate of drug-likeness (QED) is 0.643. The number of hydrazine groups is 1. The van der Waals surface area contributed by atoms with Crippen LogP contribution in [0.2, 0.25) is 19.6 Å². The van der Waals surface area contributed by atoms with E-state index in [1.54, 1.807) is 0 Å². The van der Waals surface area contributed by atoms with Crippen LogP contribution < -0.4 is 16.0 Å². The van der Waals surface area contributed by atoms with Gasteiger partial charge in [-0.2, -0.15) is 0 Å². The highest BCUT2D eigenvalue weighted by molar-refractivity contribution is 6.88. The summed E-state index contributed by atoms with van der Waals surface area (Å²) < 4.78 is 0. The van der Waals surface area contributed by atoms with Gasteiger partial charge in [0.15, 0.2) is 0 Å². The lowest BCUT2D eigenvalue weighted by molar-refractivity contribution is 0.801. The Balaban J connectivity index is 1.87. The SMILES string of the molecule is C[Si](C)(C)c1ccc(CNNc2ccccc2)cc1. The Labute approximate surface area is 116 Å². The first kappa shape index (κ1) is 13.8. The van der Waals surface area contributed by atoms with Crippen LogP contribution in [0, 0.1) is 0 Å². The van der Waals surface area contributed by atoms with Crippen LogP contribution in [0.15, 0.2) is 54.6 Å². The Morgan fingerprint density at radius 1 is 0.842 bits per heavy atom. The second kappa shape index (κ2) is 6.04. The molecule has 0 amide bonds. The Morgan fingerprint density at radius 2 is 1.47 bits per heavy atom. The third kappa shape index (κ3) is 4.23. The zero-order valence-corrected chi connectivity index (χ0v) is 12.9. The van der Waals surface area contributed by atoms with E-state index in [-0.39, 0.29) is 0 Å². The van der Waals surface area contributed by atoms with Crippen molar-refractivity contribution in [2.45, 2.75) is 26.2 Å². The highest BCUT2D eigenvalue weighted by Crippen LogP contribution is 2.06. The largest absolute Gasteiger partial charge is 0.321 e. The summed E-state index contributed by atoms with van der Waals surface area (Å²) in [5, 5.41) is 1.51. The van der Waals surface area contributed by atoms with E-state index in [1.165, 1.54) is 10.8 Å². The zero-order valence-electron chi connectivity index (χ0n) is 11.9. The van der Waals surface area contributed by atoms with Gasteiger partial charge in [-0.3, -0.25) is 0 Å². The zero-order chi connectivity index (χ0) is 13.7. The lowest BCUT2D eigenvalue weighted by atomic mass is 10.2. The van der Waals surface area contributed by atoms with Gasteiger partial charge in [-0.05, 0) is 17.7 Å². The van der Waals surface area contributed by atoms with Crippen molar-refractivity contribution in [1.29, 1.82) is 0 Å². The van der Waals surface area contributed by atoms with Crippen LogP contribution >= 0.6 is 0 Å². The van der Waals surface area contributed by atoms with Crippen LogP contribution in [-0.4, -0.2) is 8.07 Å². The van der Waals surface area contributed by atoms with Crippen molar-refractivity contribution < 1.29 is 0 Å². The molecule has 0 saturated carbocycles. The molecule has 0 aromatic heterocycles. The number of hydrogen-bond donors (Lipinski definition) is 2. The Kier molecular flexibility index (Phi) is 4.40. The standard InChI is InChI=1S/C16H22N2Si/c1-19(2,3)16-11-9-14(10-12-16)13-17-18-15-7-5-4-6-8-15/h4-12,17-18H,13H2,1-3H3. The summed E-state index contributed by atoms with van der Waals surface area (Å²) >= 11 is 0. The molecule has 0 radical (unpaired) electrons. The molecule has 100 valence electrons. The van der Waals surface area contributed by atoms with E-state index in [2.05, 4.69) is 54.8 Å². The smallest absolute Gasteiger partial charge is 0.0775 e. The third-order valence-corrected chi connectivity index (χ3v) is 5.18. The Hall–Kier alpha value is -1.58. The summed E-state index contributed by atoms with van der Waals surface area (Å²) in [6, 6.07) is 19.1. The van der Waals surface area contributed by atoms with E-state index in [9.17, 15) is 0 Å². The van der Waals surface area contributed by atoms with E-state index < -0.39 is 8.07 Å². The summed E-state index contributed by atoms with van der Waals surface area (Å²) in [4.78, 5) is 0. The van der Waals surface area contributed by atoms with Crippen molar-refractivity contribution in [1.82, 2.24) is 5.43 Å². The molecular weight excluding hydrogens is 248 g/mol. The summed E-state index contributed by atoms with van der Waals surface area (Å²) in [5.41, 5.74) is 8.82. The molecule has 0 unspecified atom stereocenters.